The van der Waals surface area contributed by atoms with Gasteiger partial charge in [0.15, 0.2) is 5.84 Å². The van der Waals surface area contributed by atoms with Gasteiger partial charge in [0.05, 0.1) is 22.1 Å². The van der Waals surface area contributed by atoms with Gasteiger partial charge in [0.1, 0.15) is 23.2 Å². The van der Waals surface area contributed by atoms with E-state index in [1.807, 2.05) is 24.3 Å². The molecule has 1 atom stereocenters. The molecule has 4 heterocycles. The van der Waals surface area contributed by atoms with Gasteiger partial charge in [-0.1, -0.05) is 133 Å². The molecule has 57 heavy (non-hydrogen) atoms. The smallest absolute Gasteiger partial charge is 0.160 e. The first-order chi connectivity index (χ1) is 28.2. The molecule has 1 unspecified atom stereocenters. The minimum atomic E-state index is -0.253. The number of fused-ring (bicyclic) bond motifs is 9. The summed E-state index contributed by atoms with van der Waals surface area (Å²) in [6.45, 7) is 0. The first kappa shape index (κ1) is 32.0. The number of aromatic nitrogens is 1. The Balaban J connectivity index is 0.968. The van der Waals surface area contributed by atoms with Crippen molar-refractivity contribution in [1.82, 2.24) is 9.88 Å². The van der Waals surface area contributed by atoms with Gasteiger partial charge in [0.2, 0.25) is 0 Å². The maximum Gasteiger partial charge on any atom is 0.160 e. The summed E-state index contributed by atoms with van der Waals surface area (Å²) in [7, 11) is 0. The third kappa shape index (κ3) is 5.08. The molecule has 1 aliphatic rings. The van der Waals surface area contributed by atoms with Crippen LogP contribution in [0.25, 0.3) is 80.7 Å². The molecular formula is C51H32N4OS. The van der Waals surface area contributed by atoms with E-state index in [0.29, 0.717) is 0 Å². The van der Waals surface area contributed by atoms with E-state index >= 15 is 0 Å². The number of hydrogen-bond donors (Lipinski definition) is 1. The fourth-order valence-corrected chi connectivity index (χ4v) is 9.88. The molecule has 0 radical (unpaired) electrons. The van der Waals surface area contributed by atoms with Crippen LogP contribution in [-0.2, 0) is 0 Å². The van der Waals surface area contributed by atoms with Crippen molar-refractivity contribution in [2.24, 2.45) is 9.98 Å². The monoisotopic (exact) mass is 748 g/mol. The average molecular weight is 749 g/mol. The standard InChI is InChI=1S/C51H32N4OS/c1-3-13-31(14-4-1)49-52-50(32-15-5-2-6-16-32)54-51(53-49)40-20-11-19-38-37-27-25-34(30-46(37)57-48(38)40)33-26-28-39-45(29-33)56-44-24-12-23-43(47(39)44)55-41-21-9-7-17-35(41)36-18-8-10-22-42(36)55/h1-30,49H,(H,52,53,54). The number of para-hydroxylation sites is 2. The van der Waals surface area contributed by atoms with Gasteiger partial charge >= 0.3 is 0 Å². The lowest BCUT2D eigenvalue weighted by molar-refractivity contribution is 0.669. The fourth-order valence-electron chi connectivity index (χ4n) is 8.63. The Labute approximate surface area is 331 Å². The zero-order valence-electron chi connectivity index (χ0n) is 30.6. The van der Waals surface area contributed by atoms with Crippen molar-refractivity contribution in [3.05, 3.63) is 199 Å². The van der Waals surface area contributed by atoms with Crippen molar-refractivity contribution in [2.45, 2.75) is 6.17 Å². The van der Waals surface area contributed by atoms with Crippen molar-refractivity contribution >= 4 is 86.9 Å². The lowest BCUT2D eigenvalue weighted by Gasteiger charge is -2.23. The maximum atomic E-state index is 6.64. The second-order valence-corrected chi connectivity index (χ2v) is 15.6. The molecule has 0 amide bonds. The highest BCUT2D eigenvalue weighted by atomic mass is 32.1. The van der Waals surface area contributed by atoms with Gasteiger partial charge in [0.25, 0.3) is 0 Å². The van der Waals surface area contributed by atoms with Gasteiger partial charge in [0, 0.05) is 47.5 Å². The first-order valence-electron chi connectivity index (χ1n) is 19.2. The molecule has 0 saturated carbocycles. The number of nitrogens with one attached hydrogen (secondary N) is 1. The van der Waals surface area contributed by atoms with E-state index in [2.05, 4.69) is 168 Å². The van der Waals surface area contributed by atoms with Gasteiger partial charge in [-0.2, -0.15) is 0 Å². The van der Waals surface area contributed by atoms with Gasteiger partial charge in [-0.3, -0.25) is 0 Å². The molecule has 6 heteroatoms. The van der Waals surface area contributed by atoms with Crippen molar-refractivity contribution in [3.8, 4) is 16.8 Å². The van der Waals surface area contributed by atoms with E-state index in [1.54, 1.807) is 11.3 Å². The average Bonchev–Trinajstić information content (AvgIpc) is 3.96. The summed E-state index contributed by atoms with van der Waals surface area (Å²) < 4.78 is 11.4. The second kappa shape index (κ2) is 12.6. The Hall–Kier alpha value is -7.28. The third-order valence-corrected chi connectivity index (χ3v) is 12.5. The molecule has 268 valence electrons. The summed E-state index contributed by atoms with van der Waals surface area (Å²) in [6, 6.07) is 64.3. The maximum absolute atomic E-state index is 6.64. The van der Waals surface area contributed by atoms with Crippen LogP contribution >= 0.6 is 11.3 Å². The number of rotatable bonds is 5. The summed E-state index contributed by atoms with van der Waals surface area (Å²) >= 11 is 1.80. The lowest BCUT2D eigenvalue weighted by Crippen LogP contribution is -2.33. The van der Waals surface area contributed by atoms with Crippen LogP contribution in [0.4, 0.5) is 0 Å². The minimum absolute atomic E-state index is 0.253. The third-order valence-electron chi connectivity index (χ3n) is 11.3. The molecule has 0 bridgehead atoms. The van der Waals surface area contributed by atoms with Crippen LogP contribution in [0.15, 0.2) is 196 Å². The van der Waals surface area contributed by atoms with Crippen LogP contribution < -0.4 is 5.32 Å². The van der Waals surface area contributed by atoms with E-state index < -0.39 is 0 Å². The summed E-state index contributed by atoms with van der Waals surface area (Å²) in [5.74, 6) is 1.55. The van der Waals surface area contributed by atoms with Crippen molar-refractivity contribution in [3.63, 3.8) is 0 Å². The zero-order chi connectivity index (χ0) is 37.5. The Morgan fingerprint density at radius 2 is 1.19 bits per heavy atom. The Kier molecular flexibility index (Phi) is 7.09. The number of hydrogen-bond acceptors (Lipinski definition) is 5. The molecule has 3 aromatic heterocycles. The van der Waals surface area contributed by atoms with E-state index in [9.17, 15) is 0 Å². The summed E-state index contributed by atoms with van der Waals surface area (Å²) in [5.41, 5.74) is 10.7. The van der Waals surface area contributed by atoms with E-state index in [1.165, 1.54) is 42.0 Å². The SMILES string of the molecule is c1ccc(C2=NC(c3cccc4c3sc3cc(-c5ccc6c(c5)oc5cccc(-n7c8ccccc8c8ccccc87)c56)ccc34)=NC(c3ccccc3)N2)cc1. The van der Waals surface area contributed by atoms with E-state index in [0.717, 1.165) is 67.1 Å². The molecule has 12 rings (SSSR count). The van der Waals surface area contributed by atoms with Gasteiger partial charge < -0.3 is 14.3 Å². The number of aliphatic imine (C=N–C) groups is 2. The predicted molar refractivity (Wildman–Crippen MR) is 238 cm³/mol. The highest BCUT2D eigenvalue weighted by molar-refractivity contribution is 7.26. The van der Waals surface area contributed by atoms with Crippen molar-refractivity contribution in [1.29, 1.82) is 0 Å². The Morgan fingerprint density at radius 3 is 1.98 bits per heavy atom. The predicted octanol–water partition coefficient (Wildman–Crippen LogP) is 13.2. The number of thiophene rings is 1. The molecule has 1 aliphatic heterocycles. The molecule has 1 N–H and O–H groups in total. The number of furan rings is 1. The molecule has 0 aliphatic carbocycles. The van der Waals surface area contributed by atoms with Crippen LogP contribution in [0.2, 0.25) is 0 Å². The zero-order valence-corrected chi connectivity index (χ0v) is 31.4. The first-order valence-corrected chi connectivity index (χ1v) is 20.0. The molecule has 0 fully saturated rings. The number of benzene rings is 8. The summed E-state index contributed by atoms with van der Waals surface area (Å²) in [4.78, 5) is 10.3. The van der Waals surface area contributed by atoms with Crippen LogP contribution in [0.3, 0.4) is 0 Å². The van der Waals surface area contributed by atoms with Gasteiger partial charge in [-0.25, -0.2) is 9.98 Å². The van der Waals surface area contributed by atoms with Gasteiger partial charge in [-0.15, -0.1) is 11.3 Å². The van der Waals surface area contributed by atoms with Crippen LogP contribution in [-0.4, -0.2) is 16.2 Å². The van der Waals surface area contributed by atoms with Crippen LogP contribution in [0, 0.1) is 0 Å². The lowest BCUT2D eigenvalue weighted by atomic mass is 10.0. The quantitative estimate of drug-likeness (QED) is 0.191. The summed E-state index contributed by atoms with van der Waals surface area (Å²) in [6.07, 6.45) is -0.253. The van der Waals surface area contributed by atoms with Crippen LogP contribution in [0.5, 0.6) is 0 Å². The highest BCUT2D eigenvalue weighted by Gasteiger charge is 2.23. The highest BCUT2D eigenvalue weighted by Crippen LogP contribution is 2.42. The molecular weight excluding hydrogens is 717 g/mol. The normalized spacial score (nSPS) is 14.5. The largest absolute Gasteiger partial charge is 0.456 e. The van der Waals surface area contributed by atoms with E-state index in [-0.39, 0.29) is 6.17 Å². The van der Waals surface area contributed by atoms with Crippen molar-refractivity contribution in [2.75, 3.05) is 0 Å². The van der Waals surface area contributed by atoms with E-state index in [4.69, 9.17) is 14.4 Å². The van der Waals surface area contributed by atoms with Gasteiger partial charge in [-0.05, 0) is 65.2 Å². The number of nitrogens with zero attached hydrogens (tertiary/aromatic N) is 3. The Morgan fingerprint density at radius 1 is 0.526 bits per heavy atom. The Bertz CT molecular complexity index is 3390. The second-order valence-electron chi connectivity index (χ2n) is 14.6. The minimum Gasteiger partial charge on any atom is -0.456 e. The summed E-state index contributed by atoms with van der Waals surface area (Å²) in [5, 5.41) is 10.7. The molecule has 0 spiro atoms. The number of amidine groups is 2. The fraction of sp³-hybridized carbons (Fsp3) is 0.0196. The molecule has 11 aromatic rings. The van der Waals surface area contributed by atoms with Crippen molar-refractivity contribution < 1.29 is 4.42 Å². The molecule has 0 saturated heterocycles. The molecule has 8 aromatic carbocycles. The van der Waals surface area contributed by atoms with Crippen LogP contribution in [0.1, 0.15) is 22.9 Å². The topological polar surface area (TPSA) is 54.8 Å². The molecule has 5 nitrogen and oxygen atoms in total.